The summed E-state index contributed by atoms with van der Waals surface area (Å²) in [7, 11) is 0. The van der Waals surface area contributed by atoms with Gasteiger partial charge in [-0.2, -0.15) is 0 Å². The third-order valence-electron chi connectivity index (χ3n) is 5.25. The zero-order valence-corrected chi connectivity index (χ0v) is 16.2. The predicted molar refractivity (Wildman–Crippen MR) is 106 cm³/mol. The molecule has 2 saturated heterocycles. The summed E-state index contributed by atoms with van der Waals surface area (Å²) in [6, 6.07) is 8.94. The topological polar surface area (TPSA) is 70.2 Å². The van der Waals surface area contributed by atoms with E-state index in [1.54, 1.807) is 0 Å². The summed E-state index contributed by atoms with van der Waals surface area (Å²) < 4.78 is 0. The maximum atomic E-state index is 12.2. The van der Waals surface area contributed by atoms with E-state index < -0.39 is 0 Å². The molecule has 2 heterocycles. The molecule has 0 aromatic heterocycles. The normalized spacial score (nSPS) is 23.8. The summed E-state index contributed by atoms with van der Waals surface area (Å²) in [4.78, 5) is 23.8. The first-order chi connectivity index (χ1) is 12.1. The second kappa shape index (κ2) is 9.93. The first-order valence-corrected chi connectivity index (χ1v) is 9.54. The molecule has 0 saturated carbocycles. The highest BCUT2D eigenvalue weighted by Crippen LogP contribution is 2.32. The van der Waals surface area contributed by atoms with Gasteiger partial charge in [-0.1, -0.05) is 19.1 Å². The van der Waals surface area contributed by atoms with E-state index in [1.807, 2.05) is 31.2 Å². The van der Waals surface area contributed by atoms with Crippen LogP contribution in [0.5, 0.6) is 0 Å². The van der Waals surface area contributed by atoms with Crippen LogP contribution in [0.25, 0.3) is 0 Å². The summed E-state index contributed by atoms with van der Waals surface area (Å²) in [5.41, 5.74) is 1.85. The molecular weight excluding hydrogens is 350 g/mol. The van der Waals surface area contributed by atoms with Crippen molar-refractivity contribution in [1.82, 2.24) is 10.6 Å². The Labute approximate surface area is 162 Å². The molecule has 0 aliphatic carbocycles. The minimum atomic E-state index is 0. The van der Waals surface area contributed by atoms with E-state index in [9.17, 15) is 9.59 Å². The Bertz CT molecular complexity index is 594. The van der Waals surface area contributed by atoms with Crippen LogP contribution in [-0.4, -0.2) is 23.9 Å². The van der Waals surface area contributed by atoms with Crippen LogP contribution in [0.2, 0.25) is 0 Å². The van der Waals surface area contributed by atoms with Crippen LogP contribution in [0.3, 0.4) is 0 Å². The van der Waals surface area contributed by atoms with Gasteiger partial charge in [0, 0.05) is 37.2 Å². The van der Waals surface area contributed by atoms with Crippen molar-refractivity contribution in [3.63, 3.8) is 0 Å². The lowest BCUT2D eigenvalue weighted by atomic mass is 9.89. The van der Waals surface area contributed by atoms with Crippen molar-refractivity contribution < 1.29 is 9.59 Å². The molecule has 2 aliphatic heterocycles. The summed E-state index contributed by atoms with van der Waals surface area (Å²) in [5.74, 6) is 0.709. The van der Waals surface area contributed by atoms with Gasteiger partial charge in [0.1, 0.15) is 0 Å². The minimum absolute atomic E-state index is 0. The van der Waals surface area contributed by atoms with Gasteiger partial charge in [0.25, 0.3) is 0 Å². The number of carbonyl (C=O) groups excluding carboxylic acids is 2. The number of rotatable bonds is 7. The Hall–Kier alpha value is -1.59. The predicted octanol–water partition coefficient (Wildman–Crippen LogP) is 3.38. The maximum Gasteiger partial charge on any atom is 0.224 e. The lowest BCUT2D eigenvalue weighted by molar-refractivity contribution is -0.122. The number of fused-ring (bicyclic) bond motifs is 2. The molecule has 6 heteroatoms. The van der Waals surface area contributed by atoms with Gasteiger partial charge in [-0.15, -0.1) is 12.4 Å². The number of nitrogens with one attached hydrogen (secondary N) is 3. The minimum Gasteiger partial charge on any atom is -0.352 e. The Morgan fingerprint density at radius 2 is 1.73 bits per heavy atom. The molecule has 2 amide bonds. The van der Waals surface area contributed by atoms with Crippen molar-refractivity contribution in [2.24, 2.45) is 5.92 Å². The highest BCUT2D eigenvalue weighted by Gasteiger charge is 2.34. The Kier molecular flexibility index (Phi) is 7.91. The molecular formula is C20H30ClN3O2. The Balaban J connectivity index is 0.00000243. The molecule has 2 fully saturated rings. The number of carbonyl (C=O) groups is 2. The Morgan fingerprint density at radius 3 is 2.35 bits per heavy atom. The number of halogens is 1. The van der Waals surface area contributed by atoms with Gasteiger partial charge in [-0.25, -0.2) is 0 Å². The van der Waals surface area contributed by atoms with E-state index >= 15 is 0 Å². The van der Waals surface area contributed by atoms with Crippen molar-refractivity contribution in [3.05, 3.63) is 29.8 Å². The van der Waals surface area contributed by atoms with Gasteiger partial charge in [0.15, 0.2) is 0 Å². The second-order valence-corrected chi connectivity index (χ2v) is 7.45. The van der Waals surface area contributed by atoms with Gasteiger partial charge in [-0.05, 0) is 55.7 Å². The number of hydrogen-bond donors (Lipinski definition) is 3. The maximum absolute atomic E-state index is 12.2. The summed E-state index contributed by atoms with van der Waals surface area (Å²) in [5, 5.41) is 9.52. The number of hydrogen-bond acceptors (Lipinski definition) is 3. The molecule has 3 rings (SSSR count). The number of piperidine rings is 1. The van der Waals surface area contributed by atoms with E-state index in [-0.39, 0.29) is 24.2 Å². The van der Waals surface area contributed by atoms with Gasteiger partial charge >= 0.3 is 0 Å². The van der Waals surface area contributed by atoms with Crippen molar-refractivity contribution in [2.45, 2.75) is 70.5 Å². The van der Waals surface area contributed by atoms with Crippen molar-refractivity contribution >= 4 is 29.9 Å². The van der Waals surface area contributed by atoms with Gasteiger partial charge in [0.05, 0.1) is 0 Å². The number of anilines is 1. The van der Waals surface area contributed by atoms with Crippen molar-refractivity contribution in [2.75, 3.05) is 5.32 Å². The van der Waals surface area contributed by atoms with E-state index in [0.29, 0.717) is 37.4 Å². The molecule has 3 N–H and O–H groups in total. The molecule has 0 spiro atoms. The largest absolute Gasteiger partial charge is 0.352 e. The molecule has 2 aliphatic rings. The monoisotopic (exact) mass is 379 g/mol. The average molecular weight is 380 g/mol. The van der Waals surface area contributed by atoms with Crippen LogP contribution in [0.15, 0.2) is 24.3 Å². The zero-order valence-electron chi connectivity index (χ0n) is 15.4. The SMILES string of the molecule is CCCC(=O)Nc1ccc(CNC(=O)CC2CC3CCC(C2)N3)cc1.Cl. The van der Waals surface area contributed by atoms with E-state index in [2.05, 4.69) is 16.0 Å². The fourth-order valence-electron chi connectivity index (χ4n) is 4.03. The highest BCUT2D eigenvalue weighted by atomic mass is 35.5. The standard InChI is InChI=1S/C20H29N3O2.ClH/c1-2-3-19(24)23-16-6-4-14(5-7-16)13-21-20(25)12-15-10-17-8-9-18(11-15)22-17;/h4-7,15,17-18,22H,2-3,8-13H2,1H3,(H,21,25)(H,23,24);1H. The zero-order chi connectivity index (χ0) is 17.6. The van der Waals surface area contributed by atoms with Crippen LogP contribution in [0, 0.1) is 5.92 Å². The van der Waals surface area contributed by atoms with Crippen molar-refractivity contribution in [3.8, 4) is 0 Å². The van der Waals surface area contributed by atoms with Crippen LogP contribution in [-0.2, 0) is 16.1 Å². The van der Waals surface area contributed by atoms with Gasteiger partial charge in [0.2, 0.25) is 11.8 Å². The quantitative estimate of drug-likeness (QED) is 0.680. The molecule has 2 atom stereocenters. The molecule has 5 nitrogen and oxygen atoms in total. The first-order valence-electron chi connectivity index (χ1n) is 9.54. The highest BCUT2D eigenvalue weighted by molar-refractivity contribution is 5.90. The van der Waals surface area contributed by atoms with Gasteiger partial charge in [-0.3, -0.25) is 9.59 Å². The molecule has 26 heavy (non-hydrogen) atoms. The van der Waals surface area contributed by atoms with Crippen LogP contribution < -0.4 is 16.0 Å². The van der Waals surface area contributed by atoms with Gasteiger partial charge < -0.3 is 16.0 Å². The molecule has 1 aromatic rings. The van der Waals surface area contributed by atoms with E-state index in [1.165, 1.54) is 12.8 Å². The number of benzene rings is 1. The second-order valence-electron chi connectivity index (χ2n) is 7.45. The third-order valence-corrected chi connectivity index (χ3v) is 5.25. The third kappa shape index (κ3) is 5.99. The lowest BCUT2D eigenvalue weighted by Crippen LogP contribution is -2.39. The summed E-state index contributed by atoms with van der Waals surface area (Å²) >= 11 is 0. The van der Waals surface area contributed by atoms with Crippen LogP contribution in [0.4, 0.5) is 5.69 Å². The molecule has 2 unspecified atom stereocenters. The smallest absolute Gasteiger partial charge is 0.224 e. The molecule has 2 bridgehead atoms. The molecule has 144 valence electrons. The number of amides is 2. The fraction of sp³-hybridized carbons (Fsp3) is 0.600. The van der Waals surface area contributed by atoms with E-state index in [4.69, 9.17) is 0 Å². The molecule has 1 aromatic carbocycles. The van der Waals surface area contributed by atoms with Crippen LogP contribution >= 0.6 is 12.4 Å². The summed E-state index contributed by atoms with van der Waals surface area (Å²) in [6.45, 7) is 2.53. The molecule has 0 radical (unpaired) electrons. The van der Waals surface area contributed by atoms with Crippen LogP contribution in [0.1, 0.15) is 57.4 Å². The fourth-order valence-corrected chi connectivity index (χ4v) is 4.03. The lowest BCUT2D eigenvalue weighted by Gasteiger charge is -2.28. The van der Waals surface area contributed by atoms with E-state index in [0.717, 1.165) is 30.5 Å². The first kappa shape index (κ1) is 20.7. The Morgan fingerprint density at radius 1 is 1.08 bits per heavy atom. The average Bonchev–Trinajstić information content (AvgIpc) is 2.93. The summed E-state index contributed by atoms with van der Waals surface area (Å²) in [6.07, 6.45) is 6.82. The van der Waals surface area contributed by atoms with Crippen molar-refractivity contribution in [1.29, 1.82) is 0 Å².